The summed E-state index contributed by atoms with van der Waals surface area (Å²) in [5.41, 5.74) is 0. The largest absolute Gasteiger partial charge is 0.303 e. The molecule has 138 valence electrons. The molecular weight excluding hydrogens is 517 g/mol. The summed E-state index contributed by atoms with van der Waals surface area (Å²) in [5, 5.41) is 0. The molecule has 0 radical (unpaired) electrons. The van der Waals surface area contributed by atoms with Crippen LogP contribution in [0, 0.1) is 0 Å². The number of carbonyl (C=O) groups is 3. The molecule has 1 aliphatic rings. The van der Waals surface area contributed by atoms with Gasteiger partial charge in [-0.3, -0.25) is 14.4 Å². The summed E-state index contributed by atoms with van der Waals surface area (Å²) in [4.78, 5) is 38.9. The Bertz CT molecular complexity index is 457. The summed E-state index contributed by atoms with van der Waals surface area (Å²) in [6.07, 6.45) is 0. The summed E-state index contributed by atoms with van der Waals surface area (Å²) < 4.78 is -7.04. The normalized spacial score (nSPS) is 17.1. The van der Waals surface area contributed by atoms with Crippen LogP contribution in [0.1, 0.15) is 0 Å². The van der Waals surface area contributed by atoms with Crippen LogP contribution in [0.2, 0.25) is 0 Å². The van der Waals surface area contributed by atoms with Gasteiger partial charge in [0.2, 0.25) is 0 Å². The first-order chi connectivity index (χ1) is 10.5. The van der Waals surface area contributed by atoms with E-state index in [1.54, 1.807) is 0 Å². The molecule has 0 aromatic rings. The van der Waals surface area contributed by atoms with Gasteiger partial charge < -0.3 is 14.7 Å². The third-order valence-corrected chi connectivity index (χ3v) is 4.07. The topological polar surface area (TPSA) is 60.9 Å². The molecule has 0 aromatic heterocycles. The Morgan fingerprint density at radius 2 is 0.667 bits per heavy atom. The van der Waals surface area contributed by atoms with Gasteiger partial charge in [0.25, 0.3) is 29.1 Å². The number of nitrogens with zero attached hydrogens (tertiary/aromatic N) is 3. The molecule has 0 saturated carbocycles. The van der Waals surface area contributed by atoms with Crippen molar-refractivity contribution in [3.63, 3.8) is 0 Å². The van der Waals surface area contributed by atoms with E-state index in [-0.39, 0.29) is 0 Å². The van der Waals surface area contributed by atoms with Crippen LogP contribution in [-0.4, -0.2) is 63.8 Å². The minimum Gasteiger partial charge on any atom is -0.303 e. The van der Waals surface area contributed by atoms with Crippen molar-refractivity contribution in [2.24, 2.45) is 0 Å². The predicted molar refractivity (Wildman–Crippen MR) is 96.0 cm³/mol. The molecule has 0 spiro atoms. The Morgan fingerprint density at radius 3 is 0.792 bits per heavy atom. The van der Waals surface area contributed by atoms with Crippen LogP contribution in [0.25, 0.3) is 0 Å². The van der Waals surface area contributed by atoms with E-state index >= 15 is 0 Å². The summed E-state index contributed by atoms with van der Waals surface area (Å²) in [5.74, 6) is -3.09. The lowest BCUT2D eigenvalue weighted by Crippen LogP contribution is -2.63. The fourth-order valence-electron chi connectivity index (χ4n) is 1.68. The number of halogens is 9. The third kappa shape index (κ3) is 6.03. The molecule has 0 aliphatic carbocycles. The van der Waals surface area contributed by atoms with E-state index in [0.717, 1.165) is 14.7 Å². The maximum Gasteiger partial charge on any atom is 0.277 e. The van der Waals surface area contributed by atoms with Crippen molar-refractivity contribution in [1.29, 1.82) is 0 Å². The minimum absolute atomic E-state index is 0.414. The predicted octanol–water partition coefficient (Wildman–Crippen LogP) is 3.47. The van der Waals surface area contributed by atoms with Crippen molar-refractivity contribution >= 4 is 122 Å². The second-order valence-electron chi connectivity index (χ2n) is 4.45. The standard InChI is InChI=1S/C9H6Cl9N3O3/c10-7(11,12)4(22)19-1-20(5(23)8(13,14)15)3-21(2-19)6(24)9(16,17)18/h1-3H2. The molecule has 1 rings (SSSR count). The number of alkyl halides is 9. The van der Waals surface area contributed by atoms with Crippen LogP contribution in [0.4, 0.5) is 0 Å². The molecule has 0 bridgehead atoms. The maximum atomic E-state index is 12.1. The molecule has 1 heterocycles. The summed E-state index contributed by atoms with van der Waals surface area (Å²) in [6, 6.07) is 0. The molecule has 1 aliphatic heterocycles. The lowest BCUT2D eigenvalue weighted by Gasteiger charge is -2.44. The Hall–Kier alpha value is 1.02. The molecule has 0 N–H and O–H groups in total. The molecule has 0 aromatic carbocycles. The Balaban J connectivity index is 3.14. The van der Waals surface area contributed by atoms with Crippen molar-refractivity contribution in [3.05, 3.63) is 0 Å². The highest BCUT2D eigenvalue weighted by Gasteiger charge is 2.46. The number of hydrogen-bond acceptors (Lipinski definition) is 3. The van der Waals surface area contributed by atoms with E-state index in [1.165, 1.54) is 0 Å². The quantitative estimate of drug-likeness (QED) is 0.458. The highest BCUT2D eigenvalue weighted by molar-refractivity contribution is 6.77. The van der Waals surface area contributed by atoms with Crippen LogP contribution < -0.4 is 0 Å². The van der Waals surface area contributed by atoms with E-state index in [9.17, 15) is 14.4 Å². The number of carbonyl (C=O) groups excluding carboxylic acids is 3. The minimum atomic E-state index is -2.35. The smallest absolute Gasteiger partial charge is 0.277 e. The van der Waals surface area contributed by atoms with Crippen molar-refractivity contribution in [3.8, 4) is 0 Å². The van der Waals surface area contributed by atoms with Crippen molar-refractivity contribution in [1.82, 2.24) is 14.7 Å². The summed E-state index contributed by atoms with van der Waals surface area (Å²) in [6.45, 7) is -1.24. The number of rotatable bonds is 0. The second kappa shape index (κ2) is 7.95. The highest BCUT2D eigenvalue weighted by Crippen LogP contribution is 2.34. The molecule has 6 nitrogen and oxygen atoms in total. The Morgan fingerprint density at radius 1 is 0.500 bits per heavy atom. The Labute approximate surface area is 181 Å². The second-order valence-corrected chi connectivity index (χ2v) is 11.3. The lowest BCUT2D eigenvalue weighted by atomic mass is 10.4. The monoisotopic (exact) mass is 519 g/mol. The van der Waals surface area contributed by atoms with Gasteiger partial charge in [0.05, 0.1) is 20.0 Å². The van der Waals surface area contributed by atoms with Gasteiger partial charge in [0.1, 0.15) is 0 Å². The zero-order chi connectivity index (χ0) is 19.1. The van der Waals surface area contributed by atoms with Crippen molar-refractivity contribution < 1.29 is 14.4 Å². The van der Waals surface area contributed by atoms with Gasteiger partial charge in [-0.15, -0.1) is 0 Å². The zero-order valence-electron chi connectivity index (χ0n) is 11.1. The van der Waals surface area contributed by atoms with E-state index in [2.05, 4.69) is 0 Å². The molecule has 3 amide bonds. The van der Waals surface area contributed by atoms with Crippen LogP contribution in [-0.2, 0) is 14.4 Å². The van der Waals surface area contributed by atoms with Crippen molar-refractivity contribution in [2.45, 2.75) is 11.4 Å². The average molecular weight is 523 g/mol. The number of hydrogen-bond donors (Lipinski definition) is 0. The fourth-order valence-corrected chi connectivity index (χ4v) is 2.75. The van der Waals surface area contributed by atoms with E-state index < -0.39 is 49.1 Å². The molecule has 0 unspecified atom stereocenters. The SMILES string of the molecule is O=C(N1CN(C(=O)C(Cl)(Cl)Cl)CN(C(=O)C(Cl)(Cl)Cl)C1)C(Cl)(Cl)Cl. The highest BCUT2D eigenvalue weighted by atomic mass is 35.6. The van der Waals surface area contributed by atoms with Gasteiger partial charge in [-0.1, -0.05) is 104 Å². The van der Waals surface area contributed by atoms with Gasteiger partial charge in [-0.05, 0) is 0 Å². The van der Waals surface area contributed by atoms with E-state index in [1.807, 2.05) is 0 Å². The average Bonchev–Trinajstić information content (AvgIpc) is 2.41. The Kier molecular flexibility index (Phi) is 7.64. The third-order valence-electron chi connectivity index (χ3n) is 2.61. The molecule has 24 heavy (non-hydrogen) atoms. The lowest BCUT2D eigenvalue weighted by molar-refractivity contribution is -0.157. The first-order valence-electron chi connectivity index (χ1n) is 5.63. The van der Waals surface area contributed by atoms with Gasteiger partial charge in [-0.2, -0.15) is 0 Å². The van der Waals surface area contributed by atoms with Crippen LogP contribution >= 0.6 is 104 Å². The summed E-state index contributed by atoms with van der Waals surface area (Å²) >= 11 is 49.7. The van der Waals surface area contributed by atoms with E-state index in [0.29, 0.717) is 0 Å². The molecule has 1 fully saturated rings. The first-order valence-corrected chi connectivity index (χ1v) is 9.03. The van der Waals surface area contributed by atoms with Gasteiger partial charge in [-0.25, -0.2) is 0 Å². The van der Waals surface area contributed by atoms with Crippen molar-refractivity contribution in [2.75, 3.05) is 20.0 Å². The van der Waals surface area contributed by atoms with Gasteiger partial charge in [0, 0.05) is 0 Å². The molecular formula is C9H6Cl9N3O3. The maximum absolute atomic E-state index is 12.1. The zero-order valence-corrected chi connectivity index (χ0v) is 17.9. The number of amides is 3. The van der Waals surface area contributed by atoms with Crippen LogP contribution in [0.5, 0.6) is 0 Å². The summed E-state index contributed by atoms with van der Waals surface area (Å²) in [7, 11) is 0. The van der Waals surface area contributed by atoms with Crippen LogP contribution in [0.3, 0.4) is 0 Å². The first kappa shape index (κ1) is 23.1. The van der Waals surface area contributed by atoms with Crippen LogP contribution in [0.15, 0.2) is 0 Å². The fraction of sp³-hybridized carbons (Fsp3) is 0.667. The molecule has 15 heteroatoms. The molecule has 0 atom stereocenters. The molecule has 1 saturated heterocycles. The van der Waals surface area contributed by atoms with Gasteiger partial charge in [0.15, 0.2) is 0 Å². The van der Waals surface area contributed by atoms with Gasteiger partial charge >= 0.3 is 0 Å². The van der Waals surface area contributed by atoms with E-state index in [4.69, 9.17) is 104 Å².